The molecule has 2 aliphatic heterocycles. The van der Waals surface area contributed by atoms with Gasteiger partial charge in [0.2, 0.25) is 0 Å². The van der Waals surface area contributed by atoms with Crippen LogP contribution in [0.3, 0.4) is 0 Å². The quantitative estimate of drug-likeness (QED) is 0.682. The lowest BCUT2D eigenvalue weighted by molar-refractivity contribution is -0.0757. The first kappa shape index (κ1) is 12.1. The van der Waals surface area contributed by atoms with Crippen molar-refractivity contribution in [3.63, 3.8) is 0 Å². The molecule has 0 aromatic rings. The molecule has 2 nitrogen and oxygen atoms in total. The van der Waals surface area contributed by atoms with Crippen molar-refractivity contribution in [2.75, 3.05) is 19.6 Å². The summed E-state index contributed by atoms with van der Waals surface area (Å²) in [6.45, 7) is 12.1. The number of rotatable bonds is 3. The number of ether oxygens (including phenoxy) is 1. The summed E-state index contributed by atoms with van der Waals surface area (Å²) in [5, 5.41) is 0. The largest absolute Gasteiger partial charge is 0.373 e. The zero-order valence-electron chi connectivity index (χ0n) is 10.7. The van der Waals surface area contributed by atoms with Crippen LogP contribution in [0, 0.1) is 5.92 Å². The molecule has 2 fully saturated rings. The van der Waals surface area contributed by atoms with Gasteiger partial charge in [-0.15, -0.1) is 0 Å². The molecule has 2 rings (SSSR count). The highest BCUT2D eigenvalue weighted by Gasteiger charge is 2.31. The van der Waals surface area contributed by atoms with Gasteiger partial charge in [-0.05, 0) is 52.6 Å². The van der Waals surface area contributed by atoms with Crippen LogP contribution in [-0.2, 0) is 4.74 Å². The molecule has 2 heteroatoms. The zero-order valence-corrected chi connectivity index (χ0v) is 10.7. The van der Waals surface area contributed by atoms with Crippen molar-refractivity contribution in [1.29, 1.82) is 0 Å². The van der Waals surface area contributed by atoms with Crippen LogP contribution in [0.15, 0.2) is 12.2 Å². The highest BCUT2D eigenvalue weighted by atomic mass is 16.5. The van der Waals surface area contributed by atoms with Crippen LogP contribution in [0.4, 0.5) is 0 Å². The van der Waals surface area contributed by atoms with Crippen molar-refractivity contribution in [2.45, 2.75) is 51.7 Å². The standard InChI is InChI=1S/C14H25NO/c1-11(2)13-7-6-12(3)16-14(13)10-15-8-4-5-9-15/h12-14H,1,4-10H2,2-3H3/t12-,13+,14+/m1/s1. The van der Waals surface area contributed by atoms with Crippen molar-refractivity contribution in [2.24, 2.45) is 5.92 Å². The molecule has 3 atom stereocenters. The van der Waals surface area contributed by atoms with E-state index in [0.29, 0.717) is 18.1 Å². The molecule has 2 aliphatic rings. The van der Waals surface area contributed by atoms with Crippen LogP contribution in [0.1, 0.15) is 39.5 Å². The first-order valence-corrected chi connectivity index (χ1v) is 6.70. The van der Waals surface area contributed by atoms with E-state index in [0.717, 1.165) is 6.54 Å². The Morgan fingerprint density at radius 1 is 1.31 bits per heavy atom. The maximum absolute atomic E-state index is 6.12. The minimum atomic E-state index is 0.388. The summed E-state index contributed by atoms with van der Waals surface area (Å²) in [5.41, 5.74) is 1.30. The second-order valence-electron chi connectivity index (χ2n) is 5.52. The molecule has 0 unspecified atom stereocenters. The van der Waals surface area contributed by atoms with E-state index in [2.05, 4.69) is 25.3 Å². The number of nitrogens with zero attached hydrogens (tertiary/aromatic N) is 1. The van der Waals surface area contributed by atoms with E-state index in [9.17, 15) is 0 Å². The van der Waals surface area contributed by atoms with Crippen molar-refractivity contribution < 1.29 is 4.74 Å². The van der Waals surface area contributed by atoms with Crippen molar-refractivity contribution in [3.05, 3.63) is 12.2 Å². The van der Waals surface area contributed by atoms with Crippen molar-refractivity contribution >= 4 is 0 Å². The van der Waals surface area contributed by atoms with Gasteiger partial charge in [0.1, 0.15) is 0 Å². The first-order valence-electron chi connectivity index (χ1n) is 6.70. The second-order valence-corrected chi connectivity index (χ2v) is 5.52. The molecule has 2 saturated heterocycles. The minimum absolute atomic E-state index is 0.388. The normalized spacial score (nSPS) is 36.5. The molecule has 0 spiro atoms. The predicted molar refractivity (Wildman–Crippen MR) is 67.5 cm³/mol. The van der Waals surface area contributed by atoms with Crippen molar-refractivity contribution in [3.8, 4) is 0 Å². The summed E-state index contributed by atoms with van der Waals surface area (Å²) in [7, 11) is 0. The third-order valence-electron chi connectivity index (χ3n) is 4.01. The zero-order chi connectivity index (χ0) is 11.5. The van der Waals surface area contributed by atoms with E-state index in [1.165, 1.54) is 44.3 Å². The SMILES string of the molecule is C=C(C)[C@@H]1CC[C@@H](C)O[C@H]1CN1CCCC1. The van der Waals surface area contributed by atoms with E-state index < -0.39 is 0 Å². The molecule has 0 aromatic carbocycles. The fourth-order valence-electron chi connectivity index (χ4n) is 3.02. The molecular weight excluding hydrogens is 198 g/mol. The van der Waals surface area contributed by atoms with E-state index in [1.807, 2.05) is 0 Å². The fourth-order valence-corrected chi connectivity index (χ4v) is 3.02. The van der Waals surface area contributed by atoms with Crippen LogP contribution in [-0.4, -0.2) is 36.7 Å². The van der Waals surface area contributed by atoms with Gasteiger partial charge in [0.25, 0.3) is 0 Å². The molecule has 0 aliphatic carbocycles. The molecule has 0 N–H and O–H groups in total. The van der Waals surface area contributed by atoms with Crippen LogP contribution in [0.25, 0.3) is 0 Å². The van der Waals surface area contributed by atoms with Gasteiger partial charge in [-0.25, -0.2) is 0 Å². The molecule has 0 saturated carbocycles. The fraction of sp³-hybridized carbons (Fsp3) is 0.857. The average molecular weight is 223 g/mol. The molecule has 0 radical (unpaired) electrons. The summed E-state index contributed by atoms with van der Waals surface area (Å²) in [4.78, 5) is 2.55. The highest BCUT2D eigenvalue weighted by molar-refractivity contribution is 5.02. The Morgan fingerprint density at radius 3 is 2.62 bits per heavy atom. The Bertz CT molecular complexity index is 245. The summed E-state index contributed by atoms with van der Waals surface area (Å²) >= 11 is 0. The van der Waals surface area contributed by atoms with E-state index >= 15 is 0 Å². The van der Waals surface area contributed by atoms with Crippen LogP contribution < -0.4 is 0 Å². The topological polar surface area (TPSA) is 12.5 Å². The maximum Gasteiger partial charge on any atom is 0.0770 e. The Hall–Kier alpha value is -0.340. The maximum atomic E-state index is 6.12. The highest BCUT2D eigenvalue weighted by Crippen LogP contribution is 2.30. The summed E-state index contributed by atoms with van der Waals surface area (Å²) in [5.74, 6) is 0.580. The van der Waals surface area contributed by atoms with Gasteiger partial charge >= 0.3 is 0 Å². The van der Waals surface area contributed by atoms with Crippen LogP contribution in [0.2, 0.25) is 0 Å². The Morgan fingerprint density at radius 2 is 2.00 bits per heavy atom. The van der Waals surface area contributed by atoms with Gasteiger partial charge in [0.15, 0.2) is 0 Å². The van der Waals surface area contributed by atoms with Gasteiger partial charge < -0.3 is 9.64 Å². The molecule has 0 bridgehead atoms. The minimum Gasteiger partial charge on any atom is -0.373 e. The van der Waals surface area contributed by atoms with Gasteiger partial charge in [-0.1, -0.05) is 12.2 Å². The lowest BCUT2D eigenvalue weighted by Crippen LogP contribution is -2.42. The molecule has 0 aromatic heterocycles. The third kappa shape index (κ3) is 2.86. The summed E-state index contributed by atoms with van der Waals surface area (Å²) in [6, 6.07) is 0. The molecule has 0 amide bonds. The predicted octanol–water partition coefficient (Wildman–Crippen LogP) is 2.84. The van der Waals surface area contributed by atoms with Gasteiger partial charge in [0, 0.05) is 12.5 Å². The van der Waals surface area contributed by atoms with E-state index in [1.54, 1.807) is 0 Å². The van der Waals surface area contributed by atoms with Gasteiger partial charge in [-0.2, -0.15) is 0 Å². The van der Waals surface area contributed by atoms with Gasteiger partial charge in [0.05, 0.1) is 12.2 Å². The Kier molecular flexibility index (Phi) is 4.04. The lowest BCUT2D eigenvalue weighted by atomic mass is 9.86. The van der Waals surface area contributed by atoms with Crippen LogP contribution in [0.5, 0.6) is 0 Å². The van der Waals surface area contributed by atoms with Crippen molar-refractivity contribution in [1.82, 2.24) is 4.90 Å². The Labute approximate surface area is 99.7 Å². The van der Waals surface area contributed by atoms with Gasteiger partial charge in [-0.3, -0.25) is 0 Å². The smallest absolute Gasteiger partial charge is 0.0770 e. The first-order chi connectivity index (χ1) is 7.66. The summed E-state index contributed by atoms with van der Waals surface area (Å²) < 4.78 is 6.12. The summed E-state index contributed by atoms with van der Waals surface area (Å²) in [6.07, 6.45) is 5.99. The van der Waals surface area contributed by atoms with E-state index in [4.69, 9.17) is 4.74 Å². The second kappa shape index (κ2) is 5.33. The van der Waals surface area contributed by atoms with E-state index in [-0.39, 0.29) is 0 Å². The lowest BCUT2D eigenvalue weighted by Gasteiger charge is -2.37. The number of hydrogen-bond donors (Lipinski definition) is 0. The number of likely N-dealkylation sites (tertiary alicyclic amines) is 1. The third-order valence-corrected chi connectivity index (χ3v) is 4.01. The van der Waals surface area contributed by atoms with Crippen LogP contribution >= 0.6 is 0 Å². The number of hydrogen-bond acceptors (Lipinski definition) is 2. The average Bonchev–Trinajstić information content (AvgIpc) is 2.70. The molecule has 2 heterocycles. The Balaban J connectivity index is 1.93. The monoisotopic (exact) mass is 223 g/mol. The molecule has 92 valence electrons. The molecule has 16 heavy (non-hydrogen) atoms. The molecular formula is C14H25NO.